The lowest BCUT2D eigenvalue weighted by atomic mass is 9.93. The van der Waals surface area contributed by atoms with E-state index < -0.39 is 20.4 Å². The van der Waals surface area contributed by atoms with Crippen LogP contribution in [0.1, 0.15) is 34.6 Å². The smallest absolute Gasteiger partial charge is 0.397 e. The average molecular weight is 403 g/mol. The number of amides is 2. The highest BCUT2D eigenvalue weighted by molar-refractivity contribution is 7.42. The zero-order chi connectivity index (χ0) is 20.7. The number of hydrogen-bond donors (Lipinski definition) is 1. The molecule has 2 amide bonds. The Hall–Kier alpha value is -2.49. The van der Waals surface area contributed by atoms with Crippen LogP contribution in [0, 0.1) is 12.3 Å². The number of terminal acetylenes is 1. The van der Waals surface area contributed by atoms with Gasteiger partial charge >= 0.3 is 8.60 Å². The van der Waals surface area contributed by atoms with E-state index in [4.69, 9.17) is 25.1 Å². The molecule has 1 N–H and O–H groups in total. The summed E-state index contributed by atoms with van der Waals surface area (Å²) in [4.78, 5) is 26.3. The van der Waals surface area contributed by atoms with E-state index in [0.29, 0.717) is 27.6 Å². The standard InChI is InChI=1S/C18H16NO6P.C2H6/c1-3-11-24-26(23-2)25-15-8-7-14-16-12(15)5-4-6-13(16)17(21)19(9-10-20)18(14)22;1-2/h1,4-8,20H,9-11H2,2H3;1-2H3. The van der Waals surface area contributed by atoms with Gasteiger partial charge in [-0.3, -0.25) is 19.0 Å². The van der Waals surface area contributed by atoms with Gasteiger partial charge in [0, 0.05) is 29.0 Å². The number of nitrogens with zero attached hydrogens (tertiary/aromatic N) is 1. The van der Waals surface area contributed by atoms with Gasteiger partial charge in [-0.25, -0.2) is 0 Å². The van der Waals surface area contributed by atoms with Crippen LogP contribution in [0.25, 0.3) is 10.8 Å². The first-order valence-electron chi connectivity index (χ1n) is 8.73. The van der Waals surface area contributed by atoms with Crippen molar-refractivity contribution in [2.24, 2.45) is 0 Å². The van der Waals surface area contributed by atoms with E-state index in [1.165, 1.54) is 7.11 Å². The quantitative estimate of drug-likeness (QED) is 0.434. The molecule has 0 saturated heterocycles. The molecular weight excluding hydrogens is 381 g/mol. The molecule has 0 fully saturated rings. The van der Waals surface area contributed by atoms with Crippen LogP contribution in [0.3, 0.4) is 0 Å². The topological polar surface area (TPSA) is 85.3 Å². The lowest BCUT2D eigenvalue weighted by Crippen LogP contribution is -2.41. The number of carbonyl (C=O) groups excluding carboxylic acids is 2. The van der Waals surface area contributed by atoms with Crippen molar-refractivity contribution in [1.82, 2.24) is 4.90 Å². The van der Waals surface area contributed by atoms with Gasteiger partial charge in [0.05, 0.1) is 13.2 Å². The van der Waals surface area contributed by atoms with Crippen molar-refractivity contribution in [1.29, 1.82) is 0 Å². The van der Waals surface area contributed by atoms with Gasteiger partial charge in [0.2, 0.25) is 0 Å². The molecule has 0 aromatic heterocycles. The van der Waals surface area contributed by atoms with E-state index >= 15 is 0 Å². The van der Waals surface area contributed by atoms with Gasteiger partial charge in [-0.05, 0) is 18.2 Å². The fourth-order valence-electron chi connectivity index (χ4n) is 2.79. The van der Waals surface area contributed by atoms with Gasteiger partial charge in [0.15, 0.2) is 0 Å². The summed E-state index contributed by atoms with van der Waals surface area (Å²) in [6, 6.07) is 8.31. The summed E-state index contributed by atoms with van der Waals surface area (Å²) in [5, 5.41) is 10.2. The molecule has 1 atom stereocenters. The van der Waals surface area contributed by atoms with Crippen LogP contribution in [0.4, 0.5) is 0 Å². The van der Waals surface area contributed by atoms with Crippen LogP contribution in [-0.4, -0.2) is 48.7 Å². The SMILES string of the molecule is C#CCOP(OC)Oc1ccc2c3c(cccc13)C(=O)N(CCO)C2=O.CC. The summed E-state index contributed by atoms with van der Waals surface area (Å²) in [6.45, 7) is 3.68. The lowest BCUT2D eigenvalue weighted by Gasteiger charge is -2.27. The van der Waals surface area contributed by atoms with Crippen LogP contribution in [0.2, 0.25) is 0 Å². The van der Waals surface area contributed by atoms with Crippen molar-refractivity contribution >= 4 is 31.2 Å². The first-order valence-corrected chi connectivity index (χ1v) is 9.83. The number of benzene rings is 2. The molecular formula is C20H22NO6P. The van der Waals surface area contributed by atoms with Gasteiger partial charge in [-0.1, -0.05) is 31.9 Å². The third kappa shape index (κ3) is 4.16. The Balaban J connectivity index is 0.00000136. The van der Waals surface area contributed by atoms with E-state index in [0.717, 1.165) is 4.90 Å². The third-order valence-corrected chi connectivity index (χ3v) is 4.83. The maximum atomic E-state index is 12.6. The summed E-state index contributed by atoms with van der Waals surface area (Å²) in [5.41, 5.74) is 0.754. The molecule has 2 aromatic carbocycles. The van der Waals surface area contributed by atoms with Crippen molar-refractivity contribution in [3.05, 3.63) is 41.5 Å². The molecule has 7 nitrogen and oxygen atoms in total. The van der Waals surface area contributed by atoms with Crippen LogP contribution < -0.4 is 4.52 Å². The third-order valence-electron chi connectivity index (χ3n) is 3.85. The molecule has 28 heavy (non-hydrogen) atoms. The average Bonchev–Trinajstić information content (AvgIpc) is 2.74. The van der Waals surface area contributed by atoms with Gasteiger partial charge in [0.1, 0.15) is 12.4 Å². The maximum absolute atomic E-state index is 12.6. The number of β-amino-alcohol motifs (C(OH)–C–C–N with tert-alkyl or cyclic N) is 1. The summed E-state index contributed by atoms with van der Waals surface area (Å²) < 4.78 is 16.2. The van der Waals surface area contributed by atoms with Gasteiger partial charge < -0.3 is 14.2 Å². The van der Waals surface area contributed by atoms with Crippen LogP contribution in [0.5, 0.6) is 5.75 Å². The second-order valence-corrected chi connectivity index (χ2v) is 6.55. The Morgan fingerprint density at radius 3 is 2.43 bits per heavy atom. The Labute approximate surface area is 165 Å². The van der Waals surface area contributed by atoms with Crippen LogP contribution in [-0.2, 0) is 9.05 Å². The Kier molecular flexibility index (Phi) is 7.91. The van der Waals surface area contributed by atoms with Crippen LogP contribution >= 0.6 is 8.60 Å². The number of carbonyl (C=O) groups is 2. The molecule has 0 bridgehead atoms. The highest BCUT2D eigenvalue weighted by atomic mass is 31.2. The minimum atomic E-state index is -1.71. The van der Waals surface area contributed by atoms with E-state index in [9.17, 15) is 9.59 Å². The number of hydrogen-bond acceptors (Lipinski definition) is 6. The number of imide groups is 1. The Morgan fingerprint density at radius 1 is 1.14 bits per heavy atom. The monoisotopic (exact) mass is 403 g/mol. The molecule has 1 heterocycles. The minimum absolute atomic E-state index is 0.0356. The highest BCUT2D eigenvalue weighted by Crippen LogP contribution is 2.44. The van der Waals surface area contributed by atoms with Crippen molar-refractivity contribution in [3.8, 4) is 18.1 Å². The number of aliphatic hydroxyl groups excluding tert-OH is 1. The predicted octanol–water partition coefficient (Wildman–Crippen LogP) is 3.36. The summed E-state index contributed by atoms with van der Waals surface area (Å²) >= 11 is 0. The van der Waals surface area contributed by atoms with E-state index in [1.54, 1.807) is 30.3 Å². The minimum Gasteiger partial charge on any atom is -0.426 e. The molecule has 8 heteroatoms. The zero-order valence-corrected chi connectivity index (χ0v) is 16.9. The molecule has 148 valence electrons. The summed E-state index contributed by atoms with van der Waals surface area (Å²) in [7, 11) is -0.274. The normalized spacial score (nSPS) is 13.6. The van der Waals surface area contributed by atoms with Gasteiger partial charge in [0.25, 0.3) is 11.8 Å². The molecule has 3 rings (SSSR count). The van der Waals surface area contributed by atoms with Crippen molar-refractivity contribution in [3.63, 3.8) is 0 Å². The van der Waals surface area contributed by atoms with Crippen molar-refractivity contribution in [2.45, 2.75) is 13.8 Å². The molecule has 0 aliphatic carbocycles. The second kappa shape index (κ2) is 10.2. The maximum Gasteiger partial charge on any atom is 0.397 e. The van der Waals surface area contributed by atoms with Crippen molar-refractivity contribution < 1.29 is 28.3 Å². The fourth-order valence-corrected chi connectivity index (χ4v) is 3.52. The Morgan fingerprint density at radius 2 is 1.82 bits per heavy atom. The van der Waals surface area contributed by atoms with Gasteiger partial charge in [-0.2, -0.15) is 0 Å². The fraction of sp³-hybridized carbons (Fsp3) is 0.300. The number of aliphatic hydroxyl groups is 1. The molecule has 1 aliphatic rings. The van der Waals surface area contributed by atoms with E-state index in [2.05, 4.69) is 5.92 Å². The first-order chi connectivity index (χ1) is 13.6. The van der Waals surface area contributed by atoms with Crippen molar-refractivity contribution in [2.75, 3.05) is 26.9 Å². The lowest BCUT2D eigenvalue weighted by molar-refractivity contribution is 0.0580. The summed E-state index contributed by atoms with van der Waals surface area (Å²) in [6.07, 6.45) is 5.18. The zero-order valence-electron chi connectivity index (χ0n) is 16.0. The molecule has 1 aliphatic heterocycles. The molecule has 0 spiro atoms. The first kappa shape index (κ1) is 21.8. The molecule has 0 saturated carbocycles. The molecule has 1 unspecified atom stereocenters. The van der Waals surface area contributed by atoms with Crippen LogP contribution in [0.15, 0.2) is 30.3 Å². The Bertz CT molecular complexity index is 885. The molecule has 2 aromatic rings. The second-order valence-electron chi connectivity index (χ2n) is 5.30. The summed E-state index contributed by atoms with van der Waals surface area (Å²) in [5.74, 6) is 1.87. The molecule has 0 radical (unpaired) electrons. The highest BCUT2D eigenvalue weighted by Gasteiger charge is 2.33. The van der Waals surface area contributed by atoms with Gasteiger partial charge in [-0.15, -0.1) is 6.42 Å². The largest absolute Gasteiger partial charge is 0.426 e. The number of rotatable bonds is 7. The predicted molar refractivity (Wildman–Crippen MR) is 107 cm³/mol. The van der Waals surface area contributed by atoms with E-state index in [1.807, 2.05) is 13.8 Å². The van der Waals surface area contributed by atoms with E-state index in [-0.39, 0.29) is 19.8 Å².